The first-order valence-electron chi connectivity index (χ1n) is 21.6. The fourth-order valence-electron chi connectivity index (χ4n) is 10.5. The highest BCUT2D eigenvalue weighted by Gasteiger charge is 2.22. The third-order valence-electron chi connectivity index (χ3n) is 13.3. The predicted octanol–water partition coefficient (Wildman–Crippen LogP) is 15.4. The fourth-order valence-corrected chi connectivity index (χ4v) is 10.5. The van der Waals surface area contributed by atoms with Gasteiger partial charge in [-0.1, -0.05) is 127 Å². The monoisotopic (exact) mass is 800 g/mol. The summed E-state index contributed by atoms with van der Waals surface area (Å²) in [6.45, 7) is 0. The first kappa shape index (κ1) is 34.3. The van der Waals surface area contributed by atoms with Crippen LogP contribution in [0.1, 0.15) is 0 Å². The van der Waals surface area contributed by atoms with Gasteiger partial charge in [-0.25, -0.2) is 4.98 Å². The van der Waals surface area contributed by atoms with Crippen molar-refractivity contribution >= 4 is 76.2 Å². The number of rotatable bonds is 6. The maximum Gasteiger partial charge on any atom is 0.145 e. The zero-order valence-electron chi connectivity index (χ0n) is 34.1. The van der Waals surface area contributed by atoms with Gasteiger partial charge in [0.05, 0.1) is 33.1 Å². The number of fused-ring (bicyclic) bond motifs is 1. The summed E-state index contributed by atoms with van der Waals surface area (Å²) in [6.07, 6.45) is 0. The lowest BCUT2D eigenvalue weighted by Gasteiger charge is -2.12. The van der Waals surface area contributed by atoms with Crippen molar-refractivity contribution in [1.82, 2.24) is 18.7 Å². The number of imidazole rings is 1. The van der Waals surface area contributed by atoms with Crippen LogP contribution in [0.5, 0.6) is 0 Å². The molecule has 0 fully saturated rings. The summed E-state index contributed by atoms with van der Waals surface area (Å²) < 4.78 is 7.18. The van der Waals surface area contributed by atoms with Crippen LogP contribution < -0.4 is 0 Å². The van der Waals surface area contributed by atoms with E-state index in [2.05, 4.69) is 232 Å². The number of nitrogens with zero attached hydrogens (tertiary/aromatic N) is 4. The molecular weight excluding hydrogens is 765 g/mol. The molecular formula is C59H36N4. The van der Waals surface area contributed by atoms with Gasteiger partial charge in [-0.15, -0.1) is 0 Å². The molecule has 0 amide bonds. The number of aromatic nitrogens is 4. The second kappa shape index (κ2) is 13.0. The SMILES string of the molecule is c1ccc(-n2c(-c3ccc(-c4cc5ccc6cc(-c7cc8ccc9cccc%10c9c8c(c7)n%10-c7ccccc7)cc7c6c5c(c4)n7-c4ccccc4)cc3)nc3ccccc32)cc1. The van der Waals surface area contributed by atoms with E-state index in [-0.39, 0.29) is 0 Å². The first-order chi connectivity index (χ1) is 31.2. The van der Waals surface area contributed by atoms with Crippen LogP contribution in [0.2, 0.25) is 0 Å². The van der Waals surface area contributed by atoms with Gasteiger partial charge >= 0.3 is 0 Å². The molecule has 0 bridgehead atoms. The smallest absolute Gasteiger partial charge is 0.145 e. The summed E-state index contributed by atoms with van der Waals surface area (Å²) in [5, 5.41) is 10.2. The van der Waals surface area contributed by atoms with Crippen LogP contribution in [0.25, 0.3) is 127 Å². The quantitative estimate of drug-likeness (QED) is 0.154. The second-order valence-corrected chi connectivity index (χ2v) is 16.8. The van der Waals surface area contributed by atoms with Crippen LogP contribution in [-0.2, 0) is 0 Å². The summed E-state index contributed by atoms with van der Waals surface area (Å²) in [7, 11) is 0. The number of hydrogen-bond acceptors (Lipinski definition) is 1. The van der Waals surface area contributed by atoms with Crippen LogP contribution in [0.4, 0.5) is 0 Å². The minimum atomic E-state index is 0.931. The van der Waals surface area contributed by atoms with E-state index in [0.29, 0.717) is 0 Å². The van der Waals surface area contributed by atoms with E-state index < -0.39 is 0 Å². The summed E-state index contributed by atoms with van der Waals surface area (Å²) in [6, 6.07) is 79.7. The molecule has 4 heteroatoms. The molecule has 0 aliphatic carbocycles. The molecule has 0 saturated heterocycles. The van der Waals surface area contributed by atoms with Crippen LogP contribution in [0.3, 0.4) is 0 Å². The molecule has 0 unspecified atom stereocenters. The lowest BCUT2D eigenvalue weighted by Crippen LogP contribution is -1.97. The number of benzene rings is 11. The van der Waals surface area contributed by atoms with Gasteiger partial charge in [0.2, 0.25) is 0 Å². The molecule has 0 spiro atoms. The van der Waals surface area contributed by atoms with Crippen LogP contribution in [0.15, 0.2) is 218 Å². The van der Waals surface area contributed by atoms with Crippen molar-refractivity contribution in [3.05, 3.63) is 218 Å². The Morgan fingerprint density at radius 2 is 0.667 bits per heavy atom. The molecule has 3 heterocycles. The minimum absolute atomic E-state index is 0.931. The van der Waals surface area contributed by atoms with Gasteiger partial charge in [0, 0.05) is 44.2 Å². The Morgan fingerprint density at radius 3 is 1.22 bits per heavy atom. The standard InChI is InChI=1S/C59H36N4/c1-4-14-46(15-5-1)61-51-22-12-13-38-25-28-40-32-44(35-52(61)56(40)55(38)51)45-33-42-30-29-41-31-43(34-53-57(41)58(42)54(36-45)62(53)47-16-6-2-7-17-47)37-23-26-39(27-24-37)59-60-49-20-10-11-21-50(49)63(59)48-18-8-3-9-19-48/h1-36H. The summed E-state index contributed by atoms with van der Waals surface area (Å²) >= 11 is 0. The fraction of sp³-hybridized carbons (Fsp3) is 0. The second-order valence-electron chi connectivity index (χ2n) is 16.8. The van der Waals surface area contributed by atoms with Gasteiger partial charge in [0.25, 0.3) is 0 Å². The van der Waals surface area contributed by atoms with Crippen molar-refractivity contribution < 1.29 is 0 Å². The topological polar surface area (TPSA) is 27.7 Å². The van der Waals surface area contributed by atoms with Gasteiger partial charge in [-0.2, -0.15) is 0 Å². The minimum Gasteiger partial charge on any atom is -0.309 e. The highest BCUT2D eigenvalue weighted by Crippen LogP contribution is 2.45. The Kier molecular flexibility index (Phi) is 7.08. The first-order valence-corrected chi connectivity index (χ1v) is 21.6. The molecule has 0 aliphatic rings. The zero-order valence-corrected chi connectivity index (χ0v) is 34.1. The van der Waals surface area contributed by atoms with E-state index in [1.165, 1.54) is 87.5 Å². The van der Waals surface area contributed by atoms with Gasteiger partial charge in [0.1, 0.15) is 5.82 Å². The van der Waals surface area contributed by atoms with E-state index in [0.717, 1.165) is 39.4 Å². The number of hydrogen-bond donors (Lipinski definition) is 0. The van der Waals surface area contributed by atoms with E-state index in [1.54, 1.807) is 0 Å². The highest BCUT2D eigenvalue weighted by molar-refractivity contribution is 6.27. The average Bonchev–Trinajstić information content (AvgIpc) is 4.02. The molecule has 0 N–H and O–H groups in total. The Balaban J connectivity index is 0.959. The van der Waals surface area contributed by atoms with Gasteiger partial charge < -0.3 is 9.13 Å². The molecule has 0 aliphatic heterocycles. The van der Waals surface area contributed by atoms with Crippen molar-refractivity contribution in [2.24, 2.45) is 0 Å². The third kappa shape index (κ3) is 5.00. The molecule has 14 aromatic rings. The summed E-state index contributed by atoms with van der Waals surface area (Å²) in [4.78, 5) is 5.14. The van der Waals surface area contributed by atoms with Gasteiger partial charge in [-0.05, 0) is 135 Å². The van der Waals surface area contributed by atoms with Crippen LogP contribution >= 0.6 is 0 Å². The maximum absolute atomic E-state index is 5.14. The lowest BCUT2D eigenvalue weighted by molar-refractivity contribution is 1.10. The molecule has 11 aromatic carbocycles. The van der Waals surface area contributed by atoms with E-state index in [1.807, 2.05) is 0 Å². The maximum atomic E-state index is 5.14. The zero-order chi connectivity index (χ0) is 41.2. The average molecular weight is 801 g/mol. The van der Waals surface area contributed by atoms with E-state index >= 15 is 0 Å². The van der Waals surface area contributed by atoms with Crippen molar-refractivity contribution in [1.29, 1.82) is 0 Å². The predicted molar refractivity (Wildman–Crippen MR) is 263 cm³/mol. The Morgan fingerprint density at radius 1 is 0.254 bits per heavy atom. The molecule has 63 heavy (non-hydrogen) atoms. The number of para-hydroxylation sites is 5. The van der Waals surface area contributed by atoms with E-state index in [9.17, 15) is 0 Å². The van der Waals surface area contributed by atoms with Gasteiger partial charge in [-0.3, -0.25) is 4.57 Å². The molecule has 0 radical (unpaired) electrons. The summed E-state index contributed by atoms with van der Waals surface area (Å²) in [5.41, 5.74) is 16.2. The Hall–Kier alpha value is -8.47. The largest absolute Gasteiger partial charge is 0.309 e. The Labute approximate surface area is 362 Å². The van der Waals surface area contributed by atoms with E-state index in [4.69, 9.17) is 4.98 Å². The van der Waals surface area contributed by atoms with Crippen molar-refractivity contribution in [2.45, 2.75) is 0 Å². The van der Waals surface area contributed by atoms with Crippen molar-refractivity contribution in [3.63, 3.8) is 0 Å². The summed E-state index contributed by atoms with van der Waals surface area (Å²) in [5.74, 6) is 0.931. The van der Waals surface area contributed by atoms with Crippen molar-refractivity contribution in [3.8, 4) is 50.7 Å². The van der Waals surface area contributed by atoms with Crippen molar-refractivity contribution in [2.75, 3.05) is 0 Å². The molecule has 4 nitrogen and oxygen atoms in total. The molecule has 3 aromatic heterocycles. The van der Waals surface area contributed by atoms with Crippen LogP contribution in [-0.4, -0.2) is 18.7 Å². The molecule has 0 saturated carbocycles. The molecule has 0 atom stereocenters. The third-order valence-corrected chi connectivity index (χ3v) is 13.3. The van der Waals surface area contributed by atoms with Crippen LogP contribution in [0, 0.1) is 0 Å². The molecule has 14 rings (SSSR count). The highest BCUT2D eigenvalue weighted by atomic mass is 15.1. The molecule has 292 valence electrons. The normalized spacial score (nSPS) is 12.1. The lowest BCUT2D eigenvalue weighted by atomic mass is 9.93. The van der Waals surface area contributed by atoms with Gasteiger partial charge in [0.15, 0.2) is 0 Å². The Bertz CT molecular complexity index is 4040.